The molecule has 0 N–H and O–H groups in total. The van der Waals surface area contributed by atoms with Gasteiger partial charge in [0.2, 0.25) is 10.8 Å². The minimum atomic E-state index is 0.628. The first-order valence-corrected chi connectivity index (χ1v) is 6.82. The van der Waals surface area contributed by atoms with Crippen molar-refractivity contribution in [2.75, 3.05) is 0 Å². The first kappa shape index (κ1) is 11.2. The van der Waals surface area contributed by atoms with Crippen LogP contribution in [0.3, 0.4) is 0 Å². The zero-order valence-corrected chi connectivity index (χ0v) is 11.1. The molecular weight excluding hydrogens is 274 g/mol. The topological polar surface area (TPSA) is 73.8 Å². The number of hydrogen-bond donors (Lipinski definition) is 0. The average molecular weight is 283 g/mol. The highest BCUT2D eigenvalue weighted by Crippen LogP contribution is 2.20. The summed E-state index contributed by atoms with van der Waals surface area (Å²) in [5.74, 6) is 0.656. The van der Waals surface area contributed by atoms with Crippen molar-refractivity contribution in [2.45, 2.75) is 6.54 Å². The Kier molecular flexibility index (Phi) is 2.52. The minimum absolute atomic E-state index is 0.628. The molecule has 0 amide bonds. The molecule has 8 heteroatoms. The number of rotatable bonds is 3. The molecule has 0 saturated carbocycles. The Bertz CT molecular complexity index is 831. The quantitative estimate of drug-likeness (QED) is 0.569. The monoisotopic (exact) mass is 283 g/mol. The third-order valence-corrected chi connectivity index (χ3v) is 3.67. The molecular formula is C12H9N7S. The molecule has 0 aliphatic heterocycles. The molecule has 0 fully saturated rings. The summed E-state index contributed by atoms with van der Waals surface area (Å²) in [6.07, 6.45) is 5.38. The Hall–Kier alpha value is -2.61. The van der Waals surface area contributed by atoms with E-state index < -0.39 is 0 Å². The first-order valence-electron chi connectivity index (χ1n) is 6.00. The van der Waals surface area contributed by atoms with Gasteiger partial charge in [-0.1, -0.05) is 17.4 Å². The Morgan fingerprint density at radius 1 is 1.10 bits per heavy atom. The molecule has 0 atom stereocenters. The summed E-state index contributed by atoms with van der Waals surface area (Å²) in [7, 11) is 0. The highest BCUT2D eigenvalue weighted by molar-refractivity contribution is 7.16. The van der Waals surface area contributed by atoms with Crippen molar-refractivity contribution in [3.05, 3.63) is 47.9 Å². The molecule has 0 radical (unpaired) electrons. The van der Waals surface area contributed by atoms with Crippen molar-refractivity contribution in [3.63, 3.8) is 0 Å². The van der Waals surface area contributed by atoms with E-state index in [4.69, 9.17) is 0 Å². The lowest BCUT2D eigenvalue weighted by atomic mass is 10.3. The van der Waals surface area contributed by atoms with Gasteiger partial charge in [-0.25, -0.2) is 0 Å². The van der Waals surface area contributed by atoms with Gasteiger partial charge in [-0.15, -0.1) is 10.2 Å². The maximum absolute atomic E-state index is 4.53. The molecule has 0 spiro atoms. The normalized spacial score (nSPS) is 11.2. The van der Waals surface area contributed by atoms with E-state index in [-0.39, 0.29) is 0 Å². The van der Waals surface area contributed by atoms with Gasteiger partial charge < -0.3 is 0 Å². The molecule has 98 valence electrons. The van der Waals surface area contributed by atoms with E-state index in [1.54, 1.807) is 16.9 Å². The Morgan fingerprint density at radius 3 is 2.90 bits per heavy atom. The molecule has 0 unspecified atom stereocenters. The highest BCUT2D eigenvalue weighted by atomic mass is 32.1. The van der Waals surface area contributed by atoms with Crippen LogP contribution in [0.2, 0.25) is 0 Å². The summed E-state index contributed by atoms with van der Waals surface area (Å²) in [6.45, 7) is 0.628. The van der Waals surface area contributed by atoms with Crippen molar-refractivity contribution in [3.8, 4) is 11.5 Å². The van der Waals surface area contributed by atoms with Gasteiger partial charge in [0.25, 0.3) is 0 Å². The van der Waals surface area contributed by atoms with Crippen molar-refractivity contribution in [1.29, 1.82) is 0 Å². The molecule has 0 saturated heterocycles. The van der Waals surface area contributed by atoms with Gasteiger partial charge in [0, 0.05) is 18.6 Å². The van der Waals surface area contributed by atoms with E-state index in [1.165, 1.54) is 11.3 Å². The van der Waals surface area contributed by atoms with Gasteiger partial charge >= 0.3 is 0 Å². The number of nitrogens with zero attached hydrogens (tertiary/aromatic N) is 7. The molecule has 20 heavy (non-hydrogen) atoms. The standard InChI is InChI=1S/C12H9N7S/c1-2-5-13-9(4-1)11-15-16-12-19(11)17-10(20-12)8-18-7-3-6-14-18/h1-7H,8H2. The van der Waals surface area contributed by atoms with Crippen molar-refractivity contribution in [1.82, 2.24) is 34.6 Å². The van der Waals surface area contributed by atoms with Gasteiger partial charge in [0.1, 0.15) is 10.7 Å². The second-order valence-corrected chi connectivity index (χ2v) is 5.17. The average Bonchev–Trinajstić information content (AvgIpc) is 3.17. The van der Waals surface area contributed by atoms with E-state index in [0.717, 1.165) is 15.7 Å². The second kappa shape index (κ2) is 4.49. The lowest BCUT2D eigenvalue weighted by Gasteiger charge is -1.96. The molecule has 0 aliphatic rings. The summed E-state index contributed by atoms with van der Waals surface area (Å²) >= 11 is 1.50. The largest absolute Gasteiger partial charge is 0.266 e. The van der Waals surface area contributed by atoms with E-state index in [2.05, 4.69) is 25.4 Å². The van der Waals surface area contributed by atoms with Crippen molar-refractivity contribution >= 4 is 16.3 Å². The summed E-state index contributed by atoms with van der Waals surface area (Å²) in [4.78, 5) is 5.04. The fraction of sp³-hybridized carbons (Fsp3) is 0.0833. The Morgan fingerprint density at radius 2 is 2.10 bits per heavy atom. The molecule has 0 aromatic carbocycles. The van der Waals surface area contributed by atoms with Crippen LogP contribution < -0.4 is 0 Å². The Labute approximate surface area is 117 Å². The van der Waals surface area contributed by atoms with Crippen LogP contribution in [-0.2, 0) is 6.54 Å². The molecule has 0 bridgehead atoms. The smallest absolute Gasteiger partial charge is 0.235 e. The fourth-order valence-corrected chi connectivity index (χ4v) is 2.73. The fourth-order valence-electron chi connectivity index (χ4n) is 1.91. The van der Waals surface area contributed by atoms with Crippen LogP contribution in [-0.4, -0.2) is 34.6 Å². The molecule has 0 aliphatic carbocycles. The van der Waals surface area contributed by atoms with Gasteiger partial charge in [-0.3, -0.25) is 9.67 Å². The van der Waals surface area contributed by atoms with E-state index >= 15 is 0 Å². The van der Waals surface area contributed by atoms with Gasteiger partial charge in [-0.2, -0.15) is 14.7 Å². The predicted octanol–water partition coefficient (Wildman–Crippen LogP) is 1.49. The van der Waals surface area contributed by atoms with Crippen molar-refractivity contribution < 1.29 is 0 Å². The lowest BCUT2D eigenvalue weighted by Crippen LogP contribution is -2.00. The summed E-state index contributed by atoms with van der Waals surface area (Å²) < 4.78 is 3.55. The maximum Gasteiger partial charge on any atom is 0.235 e. The van der Waals surface area contributed by atoms with Crippen LogP contribution in [0, 0.1) is 0 Å². The van der Waals surface area contributed by atoms with Crippen LogP contribution in [0.5, 0.6) is 0 Å². The molecule has 7 nitrogen and oxygen atoms in total. The van der Waals surface area contributed by atoms with E-state index in [9.17, 15) is 0 Å². The molecule has 4 heterocycles. The lowest BCUT2D eigenvalue weighted by molar-refractivity contribution is 0.673. The van der Waals surface area contributed by atoms with Crippen LogP contribution in [0.4, 0.5) is 0 Å². The predicted molar refractivity (Wildman–Crippen MR) is 73.2 cm³/mol. The number of aromatic nitrogens is 7. The summed E-state index contributed by atoms with van der Waals surface area (Å²) in [5, 5.41) is 17.9. The minimum Gasteiger partial charge on any atom is -0.266 e. The first-order chi connectivity index (χ1) is 9.90. The van der Waals surface area contributed by atoms with Gasteiger partial charge in [0.15, 0.2) is 0 Å². The van der Waals surface area contributed by atoms with Crippen LogP contribution in [0.25, 0.3) is 16.5 Å². The SMILES string of the molecule is c1ccc(-c2nnc3sc(Cn4cccn4)nn23)nc1. The second-order valence-electron chi connectivity index (χ2n) is 4.13. The third-order valence-electron chi connectivity index (χ3n) is 2.78. The van der Waals surface area contributed by atoms with Gasteiger partial charge in [-0.05, 0) is 18.2 Å². The van der Waals surface area contributed by atoms with Crippen LogP contribution >= 0.6 is 11.3 Å². The molecule has 4 aromatic rings. The highest BCUT2D eigenvalue weighted by Gasteiger charge is 2.14. The maximum atomic E-state index is 4.53. The van der Waals surface area contributed by atoms with Crippen LogP contribution in [0.1, 0.15) is 5.01 Å². The van der Waals surface area contributed by atoms with Crippen LogP contribution in [0.15, 0.2) is 42.9 Å². The van der Waals surface area contributed by atoms with Crippen molar-refractivity contribution in [2.24, 2.45) is 0 Å². The van der Waals surface area contributed by atoms with E-state index in [0.29, 0.717) is 12.4 Å². The number of hydrogen-bond acceptors (Lipinski definition) is 6. The van der Waals surface area contributed by atoms with E-state index in [1.807, 2.05) is 35.1 Å². The third kappa shape index (κ3) is 1.86. The Balaban J connectivity index is 1.75. The zero-order chi connectivity index (χ0) is 13.4. The molecule has 4 aromatic heterocycles. The molecule has 4 rings (SSSR count). The zero-order valence-electron chi connectivity index (χ0n) is 10.3. The summed E-state index contributed by atoms with van der Waals surface area (Å²) in [6, 6.07) is 7.56. The number of pyridine rings is 1. The number of fused-ring (bicyclic) bond motifs is 1. The summed E-state index contributed by atoms with van der Waals surface area (Å²) in [5.41, 5.74) is 0.760. The van der Waals surface area contributed by atoms with Gasteiger partial charge in [0.05, 0.1) is 6.54 Å².